The van der Waals surface area contributed by atoms with Gasteiger partial charge in [-0.2, -0.15) is 0 Å². The first-order valence-corrected chi connectivity index (χ1v) is 8.08. The fourth-order valence-electron chi connectivity index (χ4n) is 3.78. The van der Waals surface area contributed by atoms with E-state index < -0.39 is 5.97 Å². The molecule has 124 valence electrons. The lowest BCUT2D eigenvalue weighted by atomic mass is 10.1. The van der Waals surface area contributed by atoms with Gasteiger partial charge in [0.05, 0.1) is 18.7 Å². The molecule has 1 N–H and O–H groups in total. The number of hydrogen-bond donors (Lipinski definition) is 1. The molecule has 0 radical (unpaired) electrons. The Bertz CT molecular complexity index is 774. The molecule has 1 amide bonds. The second-order valence-electron chi connectivity index (χ2n) is 6.53. The van der Waals surface area contributed by atoms with E-state index in [1.165, 1.54) is 0 Å². The Labute approximate surface area is 138 Å². The second-order valence-corrected chi connectivity index (χ2v) is 6.53. The van der Waals surface area contributed by atoms with Gasteiger partial charge in [0, 0.05) is 24.8 Å². The van der Waals surface area contributed by atoms with Crippen LogP contribution in [0.15, 0.2) is 36.7 Å². The number of carboxylic acids is 1. The molecule has 1 saturated carbocycles. The van der Waals surface area contributed by atoms with Crippen LogP contribution in [0.4, 0.5) is 0 Å². The molecule has 24 heavy (non-hydrogen) atoms. The number of rotatable bonds is 4. The number of aliphatic carboxylic acids is 1. The van der Waals surface area contributed by atoms with Gasteiger partial charge < -0.3 is 10.0 Å². The predicted molar refractivity (Wildman–Crippen MR) is 84.2 cm³/mol. The fourth-order valence-corrected chi connectivity index (χ4v) is 3.78. The highest BCUT2D eigenvalue weighted by molar-refractivity contribution is 5.94. The normalized spacial score (nSPS) is 25.2. The highest BCUT2D eigenvalue weighted by atomic mass is 16.4. The number of benzene rings is 1. The van der Waals surface area contributed by atoms with E-state index in [9.17, 15) is 9.59 Å². The van der Waals surface area contributed by atoms with Crippen molar-refractivity contribution in [2.75, 3.05) is 13.1 Å². The van der Waals surface area contributed by atoms with Crippen molar-refractivity contribution in [2.45, 2.75) is 13.0 Å². The molecule has 2 aliphatic rings. The number of nitrogens with zero attached hydrogens (tertiary/aromatic N) is 4. The third kappa shape index (κ3) is 2.66. The van der Waals surface area contributed by atoms with E-state index in [1.807, 2.05) is 18.2 Å². The summed E-state index contributed by atoms with van der Waals surface area (Å²) in [7, 11) is 0. The van der Waals surface area contributed by atoms with Crippen molar-refractivity contribution < 1.29 is 14.7 Å². The van der Waals surface area contributed by atoms with Gasteiger partial charge in [0.25, 0.3) is 5.91 Å². The SMILES string of the molecule is O=C(O)[C@@H]1[C@@H]2CCN(C(=O)c3cccc(Cn4ccnn4)c3)C[C@@H]21. The minimum Gasteiger partial charge on any atom is -0.481 e. The number of carboxylic acid groups (broad SMARTS) is 1. The molecule has 0 spiro atoms. The van der Waals surface area contributed by atoms with E-state index in [-0.39, 0.29) is 23.7 Å². The van der Waals surface area contributed by atoms with Crippen LogP contribution in [0.25, 0.3) is 0 Å². The van der Waals surface area contributed by atoms with Gasteiger partial charge in [-0.25, -0.2) is 4.68 Å². The highest BCUT2D eigenvalue weighted by Crippen LogP contribution is 2.51. The molecule has 7 heteroatoms. The van der Waals surface area contributed by atoms with Crippen LogP contribution in [0.3, 0.4) is 0 Å². The van der Waals surface area contributed by atoms with Crippen LogP contribution in [-0.4, -0.2) is 50.0 Å². The zero-order valence-electron chi connectivity index (χ0n) is 13.1. The summed E-state index contributed by atoms with van der Waals surface area (Å²) in [4.78, 5) is 25.7. The molecular formula is C17H18N4O3. The fraction of sp³-hybridized carbons (Fsp3) is 0.412. The lowest BCUT2D eigenvalue weighted by Crippen LogP contribution is -2.37. The van der Waals surface area contributed by atoms with E-state index >= 15 is 0 Å². The molecule has 4 rings (SSSR count). The molecule has 0 bridgehead atoms. The Morgan fingerprint density at radius 2 is 2.17 bits per heavy atom. The van der Waals surface area contributed by atoms with Crippen molar-refractivity contribution in [3.63, 3.8) is 0 Å². The third-order valence-corrected chi connectivity index (χ3v) is 5.06. The van der Waals surface area contributed by atoms with Crippen LogP contribution in [-0.2, 0) is 11.3 Å². The van der Waals surface area contributed by atoms with Crippen molar-refractivity contribution in [2.24, 2.45) is 17.8 Å². The smallest absolute Gasteiger partial charge is 0.307 e. The van der Waals surface area contributed by atoms with Crippen LogP contribution < -0.4 is 0 Å². The van der Waals surface area contributed by atoms with Crippen molar-refractivity contribution in [3.05, 3.63) is 47.8 Å². The summed E-state index contributed by atoms with van der Waals surface area (Å²) in [6.45, 7) is 1.75. The predicted octanol–water partition coefficient (Wildman–Crippen LogP) is 1.12. The quantitative estimate of drug-likeness (QED) is 0.909. The molecule has 7 nitrogen and oxygen atoms in total. The minimum absolute atomic E-state index is 0.0232. The summed E-state index contributed by atoms with van der Waals surface area (Å²) in [6, 6.07) is 7.49. The zero-order chi connectivity index (χ0) is 16.7. The summed E-state index contributed by atoms with van der Waals surface area (Å²) in [5.74, 6) is -0.635. The Hall–Kier alpha value is -2.70. The molecule has 1 aliphatic carbocycles. The largest absolute Gasteiger partial charge is 0.481 e. The molecule has 2 aromatic rings. The second kappa shape index (κ2) is 5.74. The molecule has 1 aliphatic heterocycles. The lowest BCUT2D eigenvalue weighted by Gasteiger charge is -2.26. The summed E-state index contributed by atoms with van der Waals surface area (Å²) in [5.41, 5.74) is 1.62. The number of hydrogen-bond acceptors (Lipinski definition) is 4. The number of piperidine rings is 1. The minimum atomic E-state index is -0.728. The maximum Gasteiger partial charge on any atom is 0.307 e. The summed E-state index contributed by atoms with van der Waals surface area (Å²) >= 11 is 0. The first-order chi connectivity index (χ1) is 11.6. The number of fused-ring (bicyclic) bond motifs is 1. The van der Waals surface area contributed by atoms with Gasteiger partial charge in [-0.1, -0.05) is 17.3 Å². The highest BCUT2D eigenvalue weighted by Gasteiger charge is 2.57. The lowest BCUT2D eigenvalue weighted by molar-refractivity contribution is -0.139. The topological polar surface area (TPSA) is 88.3 Å². The Morgan fingerprint density at radius 1 is 1.29 bits per heavy atom. The van der Waals surface area contributed by atoms with Crippen LogP contribution >= 0.6 is 0 Å². The van der Waals surface area contributed by atoms with E-state index in [1.54, 1.807) is 28.0 Å². The average Bonchev–Trinajstić information content (AvgIpc) is 3.10. The maximum absolute atomic E-state index is 12.7. The van der Waals surface area contributed by atoms with Gasteiger partial charge in [0.15, 0.2) is 0 Å². The van der Waals surface area contributed by atoms with Gasteiger partial charge in [-0.15, -0.1) is 5.10 Å². The zero-order valence-corrected chi connectivity index (χ0v) is 13.1. The number of amides is 1. The van der Waals surface area contributed by atoms with Gasteiger partial charge in [0.2, 0.25) is 0 Å². The number of likely N-dealkylation sites (tertiary alicyclic amines) is 1. The van der Waals surface area contributed by atoms with Crippen LogP contribution in [0.2, 0.25) is 0 Å². The first kappa shape index (κ1) is 14.9. The van der Waals surface area contributed by atoms with Gasteiger partial charge in [-0.05, 0) is 36.0 Å². The van der Waals surface area contributed by atoms with Crippen molar-refractivity contribution in [3.8, 4) is 0 Å². The molecule has 1 aromatic carbocycles. The Kier molecular flexibility index (Phi) is 3.55. The van der Waals surface area contributed by atoms with Crippen molar-refractivity contribution >= 4 is 11.9 Å². The third-order valence-electron chi connectivity index (χ3n) is 5.06. The van der Waals surface area contributed by atoms with E-state index in [2.05, 4.69) is 10.3 Å². The van der Waals surface area contributed by atoms with Crippen LogP contribution in [0, 0.1) is 17.8 Å². The van der Waals surface area contributed by atoms with Crippen LogP contribution in [0.1, 0.15) is 22.3 Å². The molecule has 2 fully saturated rings. The number of aromatic nitrogens is 3. The molecule has 3 atom stereocenters. The Balaban J connectivity index is 1.46. The molecule has 0 unspecified atom stereocenters. The van der Waals surface area contributed by atoms with E-state index in [0.717, 1.165) is 12.0 Å². The van der Waals surface area contributed by atoms with E-state index in [0.29, 0.717) is 25.2 Å². The average molecular weight is 326 g/mol. The molecule has 2 heterocycles. The standard InChI is InChI=1S/C17H18N4O3/c22-16(20-6-4-13-14(10-20)15(13)17(23)24)12-3-1-2-11(8-12)9-21-7-5-18-19-21/h1-3,5,7-8,13-15H,4,6,9-10H2,(H,23,24)/t13-,14+,15-/m1/s1. The van der Waals surface area contributed by atoms with Gasteiger partial charge >= 0.3 is 5.97 Å². The molecule has 1 aromatic heterocycles. The monoisotopic (exact) mass is 326 g/mol. The first-order valence-electron chi connectivity index (χ1n) is 8.08. The summed E-state index contributed by atoms with van der Waals surface area (Å²) in [5, 5.41) is 16.9. The Morgan fingerprint density at radius 3 is 2.92 bits per heavy atom. The summed E-state index contributed by atoms with van der Waals surface area (Å²) < 4.78 is 1.71. The molecular weight excluding hydrogens is 308 g/mol. The van der Waals surface area contributed by atoms with Crippen LogP contribution in [0.5, 0.6) is 0 Å². The molecule has 1 saturated heterocycles. The maximum atomic E-state index is 12.7. The van der Waals surface area contributed by atoms with Crippen molar-refractivity contribution in [1.82, 2.24) is 19.9 Å². The number of carbonyl (C=O) groups is 2. The number of carbonyl (C=O) groups excluding carboxylic acids is 1. The van der Waals surface area contributed by atoms with Crippen molar-refractivity contribution in [1.29, 1.82) is 0 Å². The van der Waals surface area contributed by atoms with E-state index in [4.69, 9.17) is 5.11 Å². The van der Waals surface area contributed by atoms with Gasteiger partial charge in [-0.3, -0.25) is 9.59 Å². The summed E-state index contributed by atoms with van der Waals surface area (Å²) in [6.07, 6.45) is 4.18. The van der Waals surface area contributed by atoms with Gasteiger partial charge in [0.1, 0.15) is 0 Å².